The van der Waals surface area contributed by atoms with E-state index in [0.29, 0.717) is 13.0 Å². The van der Waals surface area contributed by atoms with E-state index in [9.17, 15) is 4.79 Å². The molecule has 1 heterocycles. The summed E-state index contributed by atoms with van der Waals surface area (Å²) in [4.78, 5) is 18.2. The smallest absolute Gasteiger partial charge is 0.224 e. The number of carbonyl (C=O) groups excluding carboxylic acids is 1. The molecule has 0 saturated carbocycles. The molecule has 1 aromatic heterocycles. The van der Waals surface area contributed by atoms with Crippen molar-refractivity contribution in [2.45, 2.75) is 32.9 Å². The Balaban J connectivity index is 0.00000392. The van der Waals surface area contributed by atoms with Crippen LogP contribution in [0.3, 0.4) is 0 Å². The van der Waals surface area contributed by atoms with Crippen LogP contribution in [0.15, 0.2) is 46.0 Å². The molecule has 0 aliphatic heterocycles. The maximum atomic E-state index is 11.8. The van der Waals surface area contributed by atoms with Gasteiger partial charge in [-0.25, -0.2) is 0 Å². The van der Waals surface area contributed by atoms with Gasteiger partial charge in [0.05, 0.1) is 6.54 Å². The van der Waals surface area contributed by atoms with Crippen LogP contribution in [0.1, 0.15) is 31.0 Å². The van der Waals surface area contributed by atoms with E-state index in [1.54, 1.807) is 7.05 Å². The number of nitrogens with one attached hydrogen (secondary N) is 2. The van der Waals surface area contributed by atoms with Gasteiger partial charge in [-0.15, -0.1) is 24.0 Å². The Morgan fingerprint density at radius 1 is 1.32 bits per heavy atom. The molecule has 1 aromatic carbocycles. The topological polar surface area (TPSA) is 61.7 Å². The highest BCUT2D eigenvalue weighted by Gasteiger charge is 2.10. The summed E-state index contributed by atoms with van der Waals surface area (Å²) in [6.45, 7) is 3.37. The van der Waals surface area contributed by atoms with Crippen LogP contribution in [-0.2, 0) is 24.9 Å². The molecule has 0 fully saturated rings. The van der Waals surface area contributed by atoms with E-state index in [4.69, 9.17) is 0 Å². The first-order valence-electron chi connectivity index (χ1n) is 9.04. The SMILES string of the molecule is CCCC(=O)Nc1cccc(CNC(=NC)N(C)Cc2cc(Br)cn2C)c1.I. The second-order valence-electron chi connectivity index (χ2n) is 6.52. The number of carbonyl (C=O) groups is 1. The van der Waals surface area contributed by atoms with Gasteiger partial charge in [-0.05, 0) is 46.1 Å². The van der Waals surface area contributed by atoms with E-state index in [-0.39, 0.29) is 29.9 Å². The molecule has 0 radical (unpaired) electrons. The van der Waals surface area contributed by atoms with Crippen LogP contribution in [0.25, 0.3) is 0 Å². The summed E-state index contributed by atoms with van der Waals surface area (Å²) >= 11 is 3.51. The van der Waals surface area contributed by atoms with E-state index in [2.05, 4.69) is 47.1 Å². The van der Waals surface area contributed by atoms with Crippen molar-refractivity contribution in [1.29, 1.82) is 0 Å². The minimum Gasteiger partial charge on any atom is -0.352 e. The number of amides is 1. The van der Waals surface area contributed by atoms with Gasteiger partial charge in [0.2, 0.25) is 5.91 Å². The van der Waals surface area contributed by atoms with Gasteiger partial charge in [-0.1, -0.05) is 19.1 Å². The third-order valence-electron chi connectivity index (χ3n) is 4.19. The van der Waals surface area contributed by atoms with Crippen molar-refractivity contribution >= 4 is 57.5 Å². The number of hydrogen-bond acceptors (Lipinski definition) is 2. The Morgan fingerprint density at radius 3 is 2.68 bits per heavy atom. The number of aromatic nitrogens is 1. The first-order valence-corrected chi connectivity index (χ1v) is 9.83. The number of anilines is 1. The normalized spacial score (nSPS) is 11.0. The average molecular weight is 562 g/mol. The Bertz CT molecular complexity index is 806. The fourth-order valence-corrected chi connectivity index (χ4v) is 3.39. The lowest BCUT2D eigenvalue weighted by atomic mass is 10.2. The maximum Gasteiger partial charge on any atom is 0.224 e. The number of benzene rings is 1. The molecule has 0 unspecified atom stereocenters. The fourth-order valence-electron chi connectivity index (χ4n) is 2.82. The number of hydrogen-bond donors (Lipinski definition) is 2. The highest BCUT2D eigenvalue weighted by atomic mass is 127. The molecular formula is C20H29BrIN5O. The molecule has 1 amide bonds. The number of aliphatic imine (C=N–C) groups is 1. The molecule has 2 aromatic rings. The van der Waals surface area contributed by atoms with E-state index in [1.807, 2.05) is 51.5 Å². The maximum absolute atomic E-state index is 11.8. The number of halogens is 2. The lowest BCUT2D eigenvalue weighted by Gasteiger charge is -2.22. The highest BCUT2D eigenvalue weighted by molar-refractivity contribution is 14.0. The quantitative estimate of drug-likeness (QED) is 0.300. The van der Waals surface area contributed by atoms with Gasteiger partial charge in [-0.3, -0.25) is 9.79 Å². The molecule has 2 N–H and O–H groups in total. The van der Waals surface area contributed by atoms with Crippen LogP contribution in [0.4, 0.5) is 5.69 Å². The Hall–Kier alpha value is -1.55. The van der Waals surface area contributed by atoms with Crippen LogP contribution in [0, 0.1) is 0 Å². The van der Waals surface area contributed by atoms with Crippen molar-refractivity contribution in [2.24, 2.45) is 12.0 Å². The van der Waals surface area contributed by atoms with Crippen molar-refractivity contribution in [3.8, 4) is 0 Å². The van der Waals surface area contributed by atoms with Gasteiger partial charge in [0, 0.05) is 56.2 Å². The third kappa shape index (κ3) is 7.46. The predicted molar refractivity (Wildman–Crippen MR) is 130 cm³/mol. The van der Waals surface area contributed by atoms with Crippen molar-refractivity contribution in [2.75, 3.05) is 19.4 Å². The molecule has 0 saturated heterocycles. The molecule has 8 heteroatoms. The Labute approximate surface area is 192 Å². The van der Waals surface area contributed by atoms with Crippen molar-refractivity contribution in [3.63, 3.8) is 0 Å². The van der Waals surface area contributed by atoms with Gasteiger partial charge < -0.3 is 20.1 Å². The van der Waals surface area contributed by atoms with E-state index in [0.717, 1.165) is 34.6 Å². The van der Waals surface area contributed by atoms with Crippen LogP contribution in [-0.4, -0.2) is 35.4 Å². The average Bonchev–Trinajstić information content (AvgIpc) is 2.93. The van der Waals surface area contributed by atoms with Gasteiger partial charge in [-0.2, -0.15) is 0 Å². The summed E-state index contributed by atoms with van der Waals surface area (Å²) in [5, 5.41) is 6.31. The summed E-state index contributed by atoms with van der Waals surface area (Å²) in [7, 11) is 5.82. The van der Waals surface area contributed by atoms with Crippen LogP contribution >= 0.6 is 39.9 Å². The lowest BCUT2D eigenvalue weighted by Crippen LogP contribution is -2.38. The molecule has 154 valence electrons. The number of aryl methyl sites for hydroxylation is 1. The summed E-state index contributed by atoms with van der Waals surface area (Å²) < 4.78 is 3.16. The number of rotatable bonds is 7. The first kappa shape index (κ1) is 24.5. The summed E-state index contributed by atoms with van der Waals surface area (Å²) in [6, 6.07) is 9.98. The highest BCUT2D eigenvalue weighted by Crippen LogP contribution is 2.15. The molecular weight excluding hydrogens is 533 g/mol. The first-order chi connectivity index (χ1) is 12.9. The summed E-state index contributed by atoms with van der Waals surface area (Å²) in [6.07, 6.45) is 3.42. The summed E-state index contributed by atoms with van der Waals surface area (Å²) in [5.41, 5.74) is 3.10. The van der Waals surface area contributed by atoms with Crippen molar-refractivity contribution < 1.29 is 4.79 Å². The third-order valence-corrected chi connectivity index (χ3v) is 4.62. The largest absolute Gasteiger partial charge is 0.352 e. The molecule has 6 nitrogen and oxygen atoms in total. The standard InChI is InChI=1S/C20H28BrN5O.HI/c1-5-7-19(27)24-17-9-6-8-15(10-17)12-23-20(22-2)26(4)14-18-11-16(21)13-25(18)3;/h6,8-11,13H,5,7,12,14H2,1-4H3,(H,22,23)(H,24,27);1H. The van der Waals surface area contributed by atoms with E-state index < -0.39 is 0 Å². The fraction of sp³-hybridized carbons (Fsp3) is 0.400. The molecule has 0 aliphatic carbocycles. The van der Waals surface area contributed by atoms with Crippen LogP contribution < -0.4 is 10.6 Å². The predicted octanol–water partition coefficient (Wildman–Crippen LogP) is 4.35. The Kier molecular flexibility index (Phi) is 10.6. The zero-order valence-electron chi connectivity index (χ0n) is 16.8. The molecule has 0 aliphatic rings. The van der Waals surface area contributed by atoms with E-state index >= 15 is 0 Å². The van der Waals surface area contributed by atoms with Gasteiger partial charge >= 0.3 is 0 Å². The molecule has 0 spiro atoms. The number of guanidine groups is 1. The molecule has 28 heavy (non-hydrogen) atoms. The van der Waals surface area contributed by atoms with Crippen molar-refractivity contribution in [3.05, 3.63) is 52.3 Å². The second-order valence-corrected chi connectivity index (χ2v) is 7.43. The van der Waals surface area contributed by atoms with Crippen LogP contribution in [0.2, 0.25) is 0 Å². The van der Waals surface area contributed by atoms with Gasteiger partial charge in [0.25, 0.3) is 0 Å². The number of nitrogens with zero attached hydrogens (tertiary/aromatic N) is 3. The summed E-state index contributed by atoms with van der Waals surface area (Å²) in [5.74, 6) is 0.861. The zero-order chi connectivity index (χ0) is 19.8. The van der Waals surface area contributed by atoms with E-state index in [1.165, 1.54) is 5.69 Å². The van der Waals surface area contributed by atoms with Crippen LogP contribution in [0.5, 0.6) is 0 Å². The molecule has 0 bridgehead atoms. The van der Waals surface area contributed by atoms with Gasteiger partial charge in [0.1, 0.15) is 0 Å². The monoisotopic (exact) mass is 561 g/mol. The second kappa shape index (κ2) is 12.1. The Morgan fingerprint density at radius 2 is 2.07 bits per heavy atom. The molecule has 0 atom stereocenters. The van der Waals surface area contributed by atoms with Gasteiger partial charge in [0.15, 0.2) is 5.96 Å². The minimum absolute atomic E-state index is 0. The zero-order valence-corrected chi connectivity index (χ0v) is 20.7. The van der Waals surface area contributed by atoms with Crippen molar-refractivity contribution in [1.82, 2.24) is 14.8 Å². The lowest BCUT2D eigenvalue weighted by molar-refractivity contribution is -0.116. The minimum atomic E-state index is 0. The molecule has 2 rings (SSSR count).